The number of carbonyl (C=O) groups excluding carboxylic acids is 2. The van der Waals surface area contributed by atoms with Crippen LogP contribution in [0.3, 0.4) is 0 Å². The molecular weight excluding hydrogens is 272 g/mol. The van der Waals surface area contributed by atoms with Crippen LogP contribution in [-0.2, 0) is 14.3 Å². The van der Waals surface area contributed by atoms with Gasteiger partial charge in [0, 0.05) is 13.1 Å². The topological polar surface area (TPSA) is 67.9 Å². The average Bonchev–Trinajstić information content (AvgIpc) is 2.50. The van der Waals surface area contributed by atoms with Crippen molar-refractivity contribution in [1.29, 1.82) is 0 Å². The first kappa shape index (κ1) is 15.3. The van der Waals surface area contributed by atoms with Gasteiger partial charge in [0.25, 0.3) is 5.91 Å². The lowest BCUT2D eigenvalue weighted by molar-refractivity contribution is -0.154. The molecule has 2 amide bonds. The molecule has 114 valence electrons. The smallest absolute Gasteiger partial charge is 0.252 e. The van der Waals surface area contributed by atoms with Gasteiger partial charge in [-0.05, 0) is 19.1 Å². The number of nitrogens with zero attached hydrogens (tertiary/aromatic N) is 1. The molecule has 6 nitrogen and oxygen atoms in total. The highest BCUT2D eigenvalue weighted by Gasteiger charge is 2.30. The Kier molecular flexibility index (Phi) is 5.16. The molecule has 21 heavy (non-hydrogen) atoms. The lowest BCUT2D eigenvalue weighted by atomic mass is 10.1. The van der Waals surface area contributed by atoms with Crippen LogP contribution in [0.15, 0.2) is 24.3 Å². The third-order valence-electron chi connectivity index (χ3n) is 3.40. The Labute approximate surface area is 124 Å². The van der Waals surface area contributed by atoms with Crippen LogP contribution in [0.4, 0.5) is 5.69 Å². The van der Waals surface area contributed by atoms with E-state index < -0.39 is 6.10 Å². The lowest BCUT2D eigenvalue weighted by Gasteiger charge is -2.31. The summed E-state index contributed by atoms with van der Waals surface area (Å²) in [6.07, 6.45) is -0.693. The van der Waals surface area contributed by atoms with Crippen LogP contribution in [0.25, 0.3) is 0 Å². The summed E-state index contributed by atoms with van der Waals surface area (Å²) < 4.78 is 10.6. The first-order chi connectivity index (χ1) is 10.2. The molecule has 0 radical (unpaired) electrons. The fraction of sp³-hybridized carbons (Fsp3) is 0.467. The summed E-state index contributed by atoms with van der Waals surface area (Å²) in [6, 6.07) is 7.13. The molecule has 6 heteroatoms. The number of anilines is 1. The Bertz CT molecular complexity index is 518. The fourth-order valence-corrected chi connectivity index (χ4v) is 2.27. The molecule has 0 unspecified atom stereocenters. The summed E-state index contributed by atoms with van der Waals surface area (Å²) in [5, 5.41) is 2.75. The molecular formula is C15H20N2O4. The zero-order valence-electron chi connectivity index (χ0n) is 12.3. The third-order valence-corrected chi connectivity index (χ3v) is 3.40. The molecule has 1 fully saturated rings. The van der Waals surface area contributed by atoms with Crippen molar-refractivity contribution in [2.24, 2.45) is 0 Å². The number of nitrogens with one attached hydrogen (secondary N) is 1. The minimum Gasteiger partial charge on any atom is -0.495 e. The minimum absolute atomic E-state index is 0.00732. The summed E-state index contributed by atoms with van der Waals surface area (Å²) >= 11 is 0. The first-order valence-corrected chi connectivity index (χ1v) is 6.99. The summed E-state index contributed by atoms with van der Waals surface area (Å²) in [6.45, 7) is 3.59. The zero-order chi connectivity index (χ0) is 15.2. The van der Waals surface area contributed by atoms with Crippen molar-refractivity contribution in [1.82, 2.24) is 4.90 Å². The predicted octanol–water partition coefficient (Wildman–Crippen LogP) is 1.27. The van der Waals surface area contributed by atoms with Gasteiger partial charge in [-0.25, -0.2) is 0 Å². The Balaban J connectivity index is 1.97. The summed E-state index contributed by atoms with van der Waals surface area (Å²) in [5.74, 6) is 0.187. The second kappa shape index (κ2) is 7.08. The number of hydrogen-bond acceptors (Lipinski definition) is 4. The summed E-state index contributed by atoms with van der Waals surface area (Å²) in [4.78, 5) is 25.8. The zero-order valence-corrected chi connectivity index (χ0v) is 12.3. The van der Waals surface area contributed by atoms with Gasteiger partial charge >= 0.3 is 0 Å². The van der Waals surface area contributed by atoms with Gasteiger partial charge in [-0.1, -0.05) is 12.1 Å². The Morgan fingerprint density at radius 2 is 2.24 bits per heavy atom. The molecule has 1 saturated heterocycles. The van der Waals surface area contributed by atoms with Crippen molar-refractivity contribution in [2.45, 2.75) is 19.4 Å². The number of carbonyl (C=O) groups is 2. The van der Waals surface area contributed by atoms with E-state index in [-0.39, 0.29) is 18.2 Å². The van der Waals surface area contributed by atoms with Gasteiger partial charge in [0.05, 0.1) is 25.8 Å². The highest BCUT2D eigenvalue weighted by atomic mass is 16.5. The van der Waals surface area contributed by atoms with Gasteiger partial charge in [0.2, 0.25) is 5.91 Å². The monoisotopic (exact) mass is 292 g/mol. The minimum atomic E-state index is -0.701. The Morgan fingerprint density at radius 1 is 1.48 bits per heavy atom. The highest BCUT2D eigenvalue weighted by molar-refractivity contribution is 5.96. The van der Waals surface area contributed by atoms with Crippen molar-refractivity contribution in [3.63, 3.8) is 0 Å². The molecule has 0 aliphatic carbocycles. The van der Waals surface area contributed by atoms with Crippen molar-refractivity contribution < 1.29 is 19.1 Å². The maximum Gasteiger partial charge on any atom is 0.252 e. The molecule has 1 aromatic carbocycles. The second-order valence-corrected chi connectivity index (χ2v) is 4.73. The maximum absolute atomic E-state index is 12.1. The molecule has 1 aliphatic heterocycles. The van der Waals surface area contributed by atoms with Crippen molar-refractivity contribution in [2.75, 3.05) is 32.1 Å². The van der Waals surface area contributed by atoms with Gasteiger partial charge in [0.1, 0.15) is 11.9 Å². The van der Waals surface area contributed by atoms with E-state index in [2.05, 4.69) is 5.32 Å². The molecule has 1 N–H and O–H groups in total. The number of ether oxygens (including phenoxy) is 2. The van der Waals surface area contributed by atoms with E-state index in [4.69, 9.17) is 9.47 Å². The average molecular weight is 292 g/mol. The van der Waals surface area contributed by atoms with E-state index >= 15 is 0 Å². The summed E-state index contributed by atoms with van der Waals surface area (Å²) in [7, 11) is 1.54. The van der Waals surface area contributed by atoms with Gasteiger partial charge in [-0.3, -0.25) is 9.59 Å². The predicted molar refractivity (Wildman–Crippen MR) is 78.2 cm³/mol. The van der Waals surface area contributed by atoms with Crippen LogP contribution in [-0.4, -0.2) is 49.6 Å². The number of rotatable bonds is 5. The van der Waals surface area contributed by atoms with Gasteiger partial charge in [-0.2, -0.15) is 0 Å². The fourth-order valence-electron chi connectivity index (χ4n) is 2.27. The molecule has 0 saturated carbocycles. The molecule has 2 rings (SSSR count). The number of amides is 2. The van der Waals surface area contributed by atoms with E-state index in [9.17, 15) is 9.59 Å². The van der Waals surface area contributed by atoms with E-state index in [1.54, 1.807) is 23.1 Å². The van der Waals surface area contributed by atoms with E-state index in [1.807, 2.05) is 13.0 Å². The van der Waals surface area contributed by atoms with E-state index in [1.165, 1.54) is 7.11 Å². The van der Waals surface area contributed by atoms with Gasteiger partial charge < -0.3 is 19.7 Å². The molecule has 1 aliphatic rings. The number of methoxy groups -OCH3 is 1. The standard InChI is InChI=1S/C15H20N2O4/c1-3-17-8-9-21-13(15(17)19)10-14(18)16-11-6-4-5-7-12(11)20-2/h4-7,13H,3,8-10H2,1-2H3,(H,16,18)/t13-/m1/s1. The van der Waals surface area contributed by atoms with Crippen LogP contribution in [0, 0.1) is 0 Å². The van der Waals surface area contributed by atoms with Crippen LogP contribution < -0.4 is 10.1 Å². The summed E-state index contributed by atoms with van der Waals surface area (Å²) in [5.41, 5.74) is 0.584. The number of likely N-dealkylation sites (N-methyl/N-ethyl adjacent to an activating group) is 1. The molecule has 0 aromatic heterocycles. The number of para-hydroxylation sites is 2. The number of hydrogen-bond donors (Lipinski definition) is 1. The van der Waals surface area contributed by atoms with Crippen LogP contribution >= 0.6 is 0 Å². The molecule has 1 heterocycles. The molecule has 1 aromatic rings. The third kappa shape index (κ3) is 3.72. The normalized spacial score (nSPS) is 18.5. The van der Waals surface area contributed by atoms with Crippen LogP contribution in [0.5, 0.6) is 5.75 Å². The largest absolute Gasteiger partial charge is 0.495 e. The number of morpholine rings is 1. The van der Waals surface area contributed by atoms with Crippen molar-refractivity contribution >= 4 is 17.5 Å². The quantitative estimate of drug-likeness (QED) is 0.887. The van der Waals surface area contributed by atoms with Gasteiger partial charge in [-0.15, -0.1) is 0 Å². The first-order valence-electron chi connectivity index (χ1n) is 6.99. The Morgan fingerprint density at radius 3 is 2.95 bits per heavy atom. The molecule has 0 bridgehead atoms. The number of benzene rings is 1. The van der Waals surface area contributed by atoms with E-state index in [0.29, 0.717) is 31.1 Å². The van der Waals surface area contributed by atoms with Crippen LogP contribution in [0.1, 0.15) is 13.3 Å². The maximum atomic E-state index is 12.1. The lowest BCUT2D eigenvalue weighted by Crippen LogP contribution is -2.48. The molecule has 1 atom stereocenters. The van der Waals surface area contributed by atoms with E-state index in [0.717, 1.165) is 0 Å². The van der Waals surface area contributed by atoms with Gasteiger partial charge in [0.15, 0.2) is 0 Å². The second-order valence-electron chi connectivity index (χ2n) is 4.73. The van der Waals surface area contributed by atoms with Crippen molar-refractivity contribution in [3.8, 4) is 5.75 Å². The van der Waals surface area contributed by atoms with Crippen LogP contribution in [0.2, 0.25) is 0 Å². The van der Waals surface area contributed by atoms with Crippen molar-refractivity contribution in [3.05, 3.63) is 24.3 Å². The molecule has 0 spiro atoms. The SMILES string of the molecule is CCN1CCO[C@H](CC(=O)Nc2ccccc2OC)C1=O. The highest BCUT2D eigenvalue weighted by Crippen LogP contribution is 2.23. The Hall–Kier alpha value is -2.08.